The van der Waals surface area contributed by atoms with Crippen LogP contribution in [0.15, 0.2) is 199 Å². The van der Waals surface area contributed by atoms with Crippen LogP contribution < -0.4 is 10.2 Å². The van der Waals surface area contributed by atoms with Gasteiger partial charge in [0.15, 0.2) is 0 Å². The fourth-order valence-electron chi connectivity index (χ4n) is 8.74. The van der Waals surface area contributed by atoms with Gasteiger partial charge < -0.3 is 10.2 Å². The molecule has 3 aliphatic rings. The Morgan fingerprint density at radius 1 is 0.554 bits per heavy atom. The number of thiophene rings is 1. The third kappa shape index (κ3) is 5.53. The Bertz CT molecular complexity index is 2900. The van der Waals surface area contributed by atoms with E-state index >= 15 is 0 Å². The average molecular weight is 736 g/mol. The average Bonchev–Trinajstić information content (AvgIpc) is 3.83. The molecule has 8 aromatic rings. The van der Waals surface area contributed by atoms with Gasteiger partial charge >= 0.3 is 0 Å². The van der Waals surface area contributed by atoms with Crippen LogP contribution in [-0.2, 0) is 0 Å². The zero-order valence-electron chi connectivity index (χ0n) is 30.6. The molecule has 2 unspecified atom stereocenters. The number of benzene rings is 7. The molecule has 0 radical (unpaired) electrons. The van der Waals surface area contributed by atoms with Crippen molar-refractivity contribution < 1.29 is 0 Å². The molecule has 0 bridgehead atoms. The molecule has 1 N–H and O–H groups in total. The Kier molecular flexibility index (Phi) is 7.89. The molecule has 266 valence electrons. The van der Waals surface area contributed by atoms with E-state index in [1.807, 2.05) is 11.3 Å². The van der Waals surface area contributed by atoms with Crippen molar-refractivity contribution in [3.63, 3.8) is 0 Å². The molecular weight excluding hydrogens is 699 g/mol. The number of fused-ring (bicyclic) bond motifs is 6. The second-order valence-electron chi connectivity index (χ2n) is 14.7. The number of rotatable bonds is 6. The SMILES string of the molecule is C1=CCC2C(=C1)c1c(C3N=C(c4ccc(-c5ccccc5)cc4)C=C(c4ccc(-c5ccccc5)cc4)N3)cccc1N2c1cccc2c1sc1ccccc12. The smallest absolute Gasteiger partial charge is 0.146 e. The number of allylic oxidation sites excluding steroid dienone is 3. The van der Waals surface area contributed by atoms with Gasteiger partial charge in [-0.05, 0) is 69.6 Å². The van der Waals surface area contributed by atoms with Gasteiger partial charge in [-0.15, -0.1) is 11.3 Å². The van der Waals surface area contributed by atoms with Gasteiger partial charge in [-0.1, -0.05) is 170 Å². The van der Waals surface area contributed by atoms with Crippen LogP contribution in [0.4, 0.5) is 11.4 Å². The van der Waals surface area contributed by atoms with Crippen LogP contribution in [0, 0.1) is 0 Å². The minimum absolute atomic E-state index is 0.199. The molecule has 11 rings (SSSR count). The lowest BCUT2D eigenvalue weighted by Crippen LogP contribution is -2.27. The molecule has 4 heteroatoms. The molecule has 2 aliphatic heterocycles. The molecule has 0 saturated carbocycles. The van der Waals surface area contributed by atoms with E-state index in [-0.39, 0.29) is 12.2 Å². The maximum Gasteiger partial charge on any atom is 0.146 e. The summed E-state index contributed by atoms with van der Waals surface area (Å²) in [6.45, 7) is 0. The van der Waals surface area contributed by atoms with Crippen molar-refractivity contribution in [2.75, 3.05) is 4.90 Å². The lowest BCUT2D eigenvalue weighted by molar-refractivity contribution is 0.663. The van der Waals surface area contributed by atoms with Crippen LogP contribution in [0.25, 0.3) is 53.7 Å². The van der Waals surface area contributed by atoms with Crippen molar-refractivity contribution in [3.05, 3.63) is 216 Å². The van der Waals surface area contributed by atoms with Crippen LogP contribution in [0.1, 0.15) is 34.8 Å². The highest BCUT2D eigenvalue weighted by Crippen LogP contribution is 2.53. The molecule has 0 fully saturated rings. The van der Waals surface area contributed by atoms with Gasteiger partial charge in [-0.2, -0.15) is 0 Å². The van der Waals surface area contributed by atoms with Crippen LogP contribution in [0.3, 0.4) is 0 Å². The van der Waals surface area contributed by atoms with Gasteiger partial charge in [0.2, 0.25) is 0 Å². The normalized spacial score (nSPS) is 17.2. The maximum atomic E-state index is 5.52. The van der Waals surface area contributed by atoms with Crippen LogP contribution in [-0.4, -0.2) is 11.8 Å². The monoisotopic (exact) mass is 735 g/mol. The number of nitrogens with zero attached hydrogens (tertiary/aromatic N) is 2. The number of hydrogen-bond donors (Lipinski definition) is 1. The molecule has 0 saturated heterocycles. The molecule has 0 spiro atoms. The van der Waals surface area contributed by atoms with Gasteiger partial charge in [0, 0.05) is 38.0 Å². The van der Waals surface area contributed by atoms with E-state index in [0.29, 0.717) is 0 Å². The van der Waals surface area contributed by atoms with Gasteiger partial charge in [0.1, 0.15) is 6.17 Å². The van der Waals surface area contributed by atoms with E-state index in [1.165, 1.54) is 70.5 Å². The van der Waals surface area contributed by atoms with E-state index < -0.39 is 0 Å². The molecule has 1 aliphatic carbocycles. The fourth-order valence-corrected chi connectivity index (χ4v) is 9.96. The Morgan fingerprint density at radius 3 is 1.91 bits per heavy atom. The van der Waals surface area contributed by atoms with E-state index in [9.17, 15) is 0 Å². The van der Waals surface area contributed by atoms with E-state index in [4.69, 9.17) is 4.99 Å². The highest BCUT2D eigenvalue weighted by Gasteiger charge is 2.39. The molecule has 1 aromatic heterocycles. The van der Waals surface area contributed by atoms with Crippen molar-refractivity contribution in [1.29, 1.82) is 0 Å². The Balaban J connectivity index is 1.04. The van der Waals surface area contributed by atoms with Crippen LogP contribution in [0.5, 0.6) is 0 Å². The molecule has 0 amide bonds. The summed E-state index contributed by atoms with van der Waals surface area (Å²) in [5.74, 6) is 0. The van der Waals surface area contributed by atoms with E-state index in [1.54, 1.807) is 0 Å². The topological polar surface area (TPSA) is 27.6 Å². The highest BCUT2D eigenvalue weighted by atomic mass is 32.1. The summed E-state index contributed by atoms with van der Waals surface area (Å²) < 4.78 is 2.66. The minimum Gasteiger partial charge on any atom is -0.359 e. The first kappa shape index (κ1) is 32.7. The Labute approximate surface area is 330 Å². The first-order valence-electron chi connectivity index (χ1n) is 19.3. The molecule has 3 nitrogen and oxygen atoms in total. The van der Waals surface area contributed by atoms with Gasteiger partial charge in [0.25, 0.3) is 0 Å². The second kappa shape index (κ2) is 13.5. The van der Waals surface area contributed by atoms with Crippen molar-refractivity contribution in [3.8, 4) is 22.3 Å². The third-order valence-electron chi connectivity index (χ3n) is 11.4. The predicted molar refractivity (Wildman–Crippen MR) is 238 cm³/mol. The van der Waals surface area contributed by atoms with Gasteiger partial charge in [-0.25, -0.2) is 0 Å². The Hall–Kier alpha value is -6.75. The zero-order valence-corrected chi connectivity index (χ0v) is 31.5. The summed E-state index contributed by atoms with van der Waals surface area (Å²) in [7, 11) is 0. The van der Waals surface area contributed by atoms with Gasteiger partial charge in [-0.3, -0.25) is 4.99 Å². The molecule has 2 atom stereocenters. The zero-order chi connectivity index (χ0) is 37.0. The standard InChI is InChI=1S/C52H37N3S/c1-3-13-34(14-4-1)36-25-29-38(30-26-36)44-33-45(39-31-27-37(28-32-39)35-15-5-2-6-16-35)54-52(53-44)43-20-12-22-47-50(43)42-18-7-9-21-46(42)55(47)48-23-11-19-41-40-17-8-10-24-49(40)56-51(41)48/h1-20,22-33,46,52-53H,21H2. The summed E-state index contributed by atoms with van der Waals surface area (Å²) in [5, 5.41) is 6.56. The van der Waals surface area contributed by atoms with E-state index in [0.717, 1.165) is 29.0 Å². The molecule has 7 aromatic carbocycles. The predicted octanol–water partition coefficient (Wildman–Crippen LogP) is 13.4. The quantitative estimate of drug-likeness (QED) is 0.184. The van der Waals surface area contributed by atoms with Crippen molar-refractivity contribution >= 4 is 59.9 Å². The summed E-state index contributed by atoms with van der Waals surface area (Å²) in [6.07, 6.45) is 9.74. The highest BCUT2D eigenvalue weighted by molar-refractivity contribution is 7.26. The number of aliphatic imine (C=N–C) groups is 1. The van der Waals surface area contributed by atoms with Crippen LogP contribution in [0.2, 0.25) is 0 Å². The molecule has 56 heavy (non-hydrogen) atoms. The number of anilines is 2. The fraction of sp³-hybridized carbons (Fsp3) is 0.0577. The second-order valence-corrected chi connectivity index (χ2v) is 15.7. The summed E-state index contributed by atoms with van der Waals surface area (Å²) in [6, 6.07) is 61.5. The summed E-state index contributed by atoms with van der Waals surface area (Å²) in [4.78, 5) is 8.12. The largest absolute Gasteiger partial charge is 0.359 e. The summed E-state index contributed by atoms with van der Waals surface area (Å²) in [5.41, 5.74) is 15.4. The number of nitrogens with one attached hydrogen (secondary N) is 1. The number of hydrogen-bond acceptors (Lipinski definition) is 4. The first-order valence-corrected chi connectivity index (χ1v) is 20.2. The minimum atomic E-state index is -0.296. The molecule has 3 heterocycles. The third-order valence-corrected chi connectivity index (χ3v) is 12.6. The van der Waals surface area contributed by atoms with Crippen molar-refractivity contribution in [2.24, 2.45) is 4.99 Å². The lowest BCUT2D eigenvalue weighted by Gasteiger charge is -2.29. The summed E-state index contributed by atoms with van der Waals surface area (Å²) >= 11 is 1.90. The van der Waals surface area contributed by atoms with Crippen molar-refractivity contribution in [1.82, 2.24) is 5.32 Å². The van der Waals surface area contributed by atoms with Crippen molar-refractivity contribution in [2.45, 2.75) is 18.6 Å². The lowest BCUT2D eigenvalue weighted by atomic mass is 9.91. The first-order chi connectivity index (χ1) is 27.8. The maximum absolute atomic E-state index is 5.52. The van der Waals surface area contributed by atoms with E-state index in [2.05, 4.69) is 204 Å². The molecular formula is C52H37N3S. The van der Waals surface area contributed by atoms with Crippen LogP contribution >= 0.6 is 11.3 Å². The Morgan fingerprint density at radius 2 is 1.16 bits per heavy atom. The van der Waals surface area contributed by atoms with Gasteiger partial charge in [0.05, 0.1) is 22.1 Å².